The minimum atomic E-state index is 0.491. The molecule has 0 saturated carbocycles. The van der Waals surface area contributed by atoms with Gasteiger partial charge in [-0.15, -0.1) is 11.3 Å². The number of nitrogens with zero attached hydrogens (tertiary/aromatic N) is 3. The van der Waals surface area contributed by atoms with Gasteiger partial charge in [-0.05, 0) is 19.1 Å². The van der Waals surface area contributed by atoms with E-state index >= 15 is 0 Å². The molecule has 0 unspecified atom stereocenters. The number of benzene rings is 1. The quantitative estimate of drug-likeness (QED) is 0.730. The van der Waals surface area contributed by atoms with Crippen LogP contribution in [0.15, 0.2) is 36.7 Å². The van der Waals surface area contributed by atoms with Gasteiger partial charge in [-0.1, -0.05) is 23.7 Å². The number of nitrogens with one attached hydrogen (secondary N) is 1. The first kappa shape index (κ1) is 15.8. The van der Waals surface area contributed by atoms with E-state index in [-0.39, 0.29) is 0 Å². The van der Waals surface area contributed by atoms with Crippen LogP contribution in [0.3, 0.4) is 0 Å². The summed E-state index contributed by atoms with van der Waals surface area (Å²) in [6.07, 6.45) is 3.62. The largest absolute Gasteiger partial charge is 0.487 e. The van der Waals surface area contributed by atoms with Crippen molar-refractivity contribution in [2.75, 3.05) is 5.32 Å². The van der Waals surface area contributed by atoms with Crippen molar-refractivity contribution in [2.24, 2.45) is 7.05 Å². The summed E-state index contributed by atoms with van der Waals surface area (Å²) in [5, 5.41) is 7.60. The Balaban J connectivity index is 1.66. The number of hydrogen-bond donors (Lipinski definition) is 1. The molecule has 0 saturated heterocycles. The smallest absolute Gasteiger partial charge is 0.183 e. The van der Waals surface area contributed by atoms with Gasteiger partial charge in [0, 0.05) is 29.4 Å². The highest BCUT2D eigenvalue weighted by Crippen LogP contribution is 2.27. The second-order valence-electron chi connectivity index (χ2n) is 5.10. The maximum atomic E-state index is 5.96. The van der Waals surface area contributed by atoms with E-state index in [4.69, 9.17) is 16.3 Å². The molecule has 0 aliphatic heterocycles. The normalized spacial score (nSPS) is 10.7. The van der Waals surface area contributed by atoms with Crippen LogP contribution in [0.25, 0.3) is 0 Å². The van der Waals surface area contributed by atoms with Crippen LogP contribution in [0.1, 0.15) is 16.1 Å². The topological polar surface area (TPSA) is 52.0 Å². The van der Waals surface area contributed by atoms with Gasteiger partial charge in [-0.2, -0.15) is 5.10 Å². The van der Waals surface area contributed by atoms with Gasteiger partial charge in [0.25, 0.3) is 0 Å². The number of aryl methyl sites for hydroxylation is 1. The van der Waals surface area contributed by atoms with Gasteiger partial charge in [-0.3, -0.25) is 4.68 Å². The maximum absolute atomic E-state index is 5.96. The maximum Gasteiger partial charge on any atom is 0.183 e. The summed E-state index contributed by atoms with van der Waals surface area (Å²) >= 11 is 7.32. The molecule has 1 N–H and O–H groups in total. The molecule has 0 aliphatic rings. The molecule has 0 atom stereocenters. The second-order valence-corrected chi connectivity index (χ2v) is 6.79. The fourth-order valence-electron chi connectivity index (χ4n) is 2.13. The first-order valence-corrected chi connectivity index (χ1v) is 8.36. The highest BCUT2D eigenvalue weighted by molar-refractivity contribution is 7.15. The Kier molecular flexibility index (Phi) is 4.83. The van der Waals surface area contributed by atoms with Crippen molar-refractivity contribution in [1.82, 2.24) is 14.8 Å². The average Bonchev–Trinajstić information content (AvgIpc) is 3.11. The Bertz CT molecular complexity index is 799. The van der Waals surface area contributed by atoms with E-state index in [0.717, 1.165) is 27.6 Å². The van der Waals surface area contributed by atoms with Gasteiger partial charge in [-0.25, -0.2) is 4.98 Å². The van der Waals surface area contributed by atoms with Crippen LogP contribution in [-0.4, -0.2) is 14.8 Å². The van der Waals surface area contributed by atoms with Gasteiger partial charge in [0.2, 0.25) is 0 Å². The number of anilines is 1. The zero-order chi connectivity index (χ0) is 16.2. The van der Waals surface area contributed by atoms with Crippen molar-refractivity contribution >= 4 is 28.6 Å². The molecule has 2 heterocycles. The molecule has 1 aromatic carbocycles. The molecule has 0 bridgehead atoms. The van der Waals surface area contributed by atoms with Crippen LogP contribution < -0.4 is 10.1 Å². The third-order valence-corrected chi connectivity index (χ3v) is 4.70. The van der Waals surface area contributed by atoms with Crippen molar-refractivity contribution in [3.63, 3.8) is 0 Å². The molecule has 120 valence electrons. The van der Waals surface area contributed by atoms with E-state index < -0.39 is 0 Å². The Morgan fingerprint density at radius 2 is 2.13 bits per heavy atom. The number of rotatable bonds is 6. The summed E-state index contributed by atoms with van der Waals surface area (Å²) in [6.45, 7) is 3.19. The summed E-state index contributed by atoms with van der Waals surface area (Å²) in [5.41, 5.74) is 3.13. The highest BCUT2D eigenvalue weighted by atomic mass is 35.5. The van der Waals surface area contributed by atoms with Crippen LogP contribution in [0, 0.1) is 6.92 Å². The van der Waals surface area contributed by atoms with E-state index in [1.807, 2.05) is 49.1 Å². The molecule has 7 heteroatoms. The molecule has 0 aliphatic carbocycles. The first-order valence-electron chi connectivity index (χ1n) is 7.17. The lowest BCUT2D eigenvalue weighted by Crippen LogP contribution is -2.03. The number of halogens is 1. The van der Waals surface area contributed by atoms with E-state index in [9.17, 15) is 0 Å². The van der Waals surface area contributed by atoms with E-state index in [2.05, 4.69) is 15.4 Å². The number of para-hydroxylation sites is 2. The molecule has 23 heavy (non-hydrogen) atoms. The summed E-state index contributed by atoms with van der Waals surface area (Å²) < 4.78 is 8.35. The Morgan fingerprint density at radius 1 is 1.30 bits per heavy atom. The Morgan fingerprint density at radius 3 is 2.83 bits per heavy atom. The highest BCUT2D eigenvalue weighted by Gasteiger charge is 2.08. The lowest BCUT2D eigenvalue weighted by Gasteiger charge is -2.12. The van der Waals surface area contributed by atoms with Crippen molar-refractivity contribution in [3.05, 3.63) is 57.3 Å². The lowest BCUT2D eigenvalue weighted by atomic mass is 10.2. The summed E-state index contributed by atoms with van der Waals surface area (Å²) in [5.74, 6) is 0.811. The standard InChI is InChI=1S/C16H17ClN4OS/c1-11-12(7-20-21(11)2)10-22-15-6-4-3-5-14(15)18-8-13-9-19-16(17)23-13/h3-7,9,18H,8,10H2,1-2H3. The Hall–Kier alpha value is -2.05. The third kappa shape index (κ3) is 3.83. The summed E-state index contributed by atoms with van der Waals surface area (Å²) in [7, 11) is 1.93. The van der Waals surface area contributed by atoms with Gasteiger partial charge in [0.05, 0.1) is 18.4 Å². The number of ether oxygens (including phenoxy) is 1. The van der Waals surface area contributed by atoms with Gasteiger partial charge < -0.3 is 10.1 Å². The minimum Gasteiger partial charge on any atom is -0.487 e. The van der Waals surface area contributed by atoms with Gasteiger partial charge >= 0.3 is 0 Å². The van der Waals surface area contributed by atoms with Crippen LogP contribution in [0.2, 0.25) is 4.47 Å². The van der Waals surface area contributed by atoms with E-state index in [1.165, 1.54) is 11.3 Å². The predicted molar refractivity (Wildman–Crippen MR) is 93.2 cm³/mol. The molecule has 0 radical (unpaired) electrons. The molecular weight excluding hydrogens is 332 g/mol. The fourth-order valence-corrected chi connectivity index (χ4v) is 3.05. The second kappa shape index (κ2) is 7.02. The van der Waals surface area contributed by atoms with Crippen molar-refractivity contribution in [1.29, 1.82) is 0 Å². The molecule has 2 aromatic heterocycles. The van der Waals surface area contributed by atoms with Crippen molar-refractivity contribution < 1.29 is 4.74 Å². The summed E-state index contributed by atoms with van der Waals surface area (Å²) in [4.78, 5) is 5.12. The predicted octanol–water partition coefficient (Wildman–Crippen LogP) is 4.03. The summed E-state index contributed by atoms with van der Waals surface area (Å²) in [6, 6.07) is 7.88. The monoisotopic (exact) mass is 348 g/mol. The SMILES string of the molecule is Cc1c(COc2ccccc2NCc2cnc(Cl)s2)cnn1C. The van der Waals surface area contributed by atoms with Gasteiger partial charge in [0.1, 0.15) is 12.4 Å². The number of aromatic nitrogens is 3. The Labute approximate surface area is 143 Å². The van der Waals surface area contributed by atoms with Crippen molar-refractivity contribution in [3.8, 4) is 5.75 Å². The van der Waals surface area contributed by atoms with E-state index in [1.54, 1.807) is 6.20 Å². The molecule has 0 amide bonds. The van der Waals surface area contributed by atoms with Crippen molar-refractivity contribution in [2.45, 2.75) is 20.1 Å². The fraction of sp³-hybridized carbons (Fsp3) is 0.250. The average molecular weight is 349 g/mol. The molecule has 0 spiro atoms. The molecular formula is C16H17ClN4OS. The number of hydrogen-bond acceptors (Lipinski definition) is 5. The number of thiazole rings is 1. The molecule has 5 nitrogen and oxygen atoms in total. The van der Waals surface area contributed by atoms with Crippen LogP contribution in [0.4, 0.5) is 5.69 Å². The lowest BCUT2D eigenvalue weighted by molar-refractivity contribution is 0.306. The third-order valence-electron chi connectivity index (χ3n) is 3.59. The molecule has 3 rings (SSSR count). The zero-order valence-electron chi connectivity index (χ0n) is 12.9. The van der Waals surface area contributed by atoms with Gasteiger partial charge in [0.15, 0.2) is 4.47 Å². The molecule has 0 fully saturated rings. The minimum absolute atomic E-state index is 0.491. The van der Waals surface area contributed by atoms with Crippen LogP contribution >= 0.6 is 22.9 Å². The molecule has 3 aromatic rings. The van der Waals surface area contributed by atoms with Crippen LogP contribution in [0.5, 0.6) is 5.75 Å². The zero-order valence-corrected chi connectivity index (χ0v) is 14.5. The van der Waals surface area contributed by atoms with Crippen LogP contribution in [-0.2, 0) is 20.2 Å². The first-order chi connectivity index (χ1) is 11.1. The van der Waals surface area contributed by atoms with E-state index in [0.29, 0.717) is 17.6 Å².